The van der Waals surface area contributed by atoms with E-state index in [1.807, 2.05) is 6.07 Å². The first-order chi connectivity index (χ1) is 8.26. The molecule has 5 heteroatoms. The summed E-state index contributed by atoms with van der Waals surface area (Å²) in [6, 6.07) is 8.32. The van der Waals surface area contributed by atoms with Crippen molar-refractivity contribution in [2.75, 3.05) is 6.26 Å². The number of hydrogen-bond acceptors (Lipinski definition) is 4. The van der Waals surface area contributed by atoms with Crippen LogP contribution in [0, 0.1) is 0 Å². The van der Waals surface area contributed by atoms with Crippen molar-refractivity contribution in [2.45, 2.75) is 23.1 Å². The van der Waals surface area contributed by atoms with Crippen molar-refractivity contribution < 1.29 is 0 Å². The second-order valence-corrected chi connectivity index (χ2v) is 6.48. The predicted molar refractivity (Wildman–Crippen MR) is 79.1 cm³/mol. The fraction of sp³-hybridized carbons (Fsp3) is 0.333. The van der Waals surface area contributed by atoms with Gasteiger partial charge in [-0.1, -0.05) is 52.4 Å². The van der Waals surface area contributed by atoms with E-state index in [1.54, 1.807) is 23.1 Å². The van der Waals surface area contributed by atoms with Crippen LogP contribution in [0.25, 0.3) is 10.6 Å². The van der Waals surface area contributed by atoms with Crippen molar-refractivity contribution in [1.82, 2.24) is 10.2 Å². The van der Waals surface area contributed by atoms with Gasteiger partial charge in [0.1, 0.15) is 10.0 Å². The molecule has 1 aromatic heterocycles. The summed E-state index contributed by atoms with van der Waals surface area (Å²) in [6.07, 6.45) is 3.11. The summed E-state index contributed by atoms with van der Waals surface area (Å²) < 4.78 is 0. The first-order valence-corrected chi connectivity index (χ1v) is 8.32. The molecule has 0 fully saturated rings. The molecule has 90 valence electrons. The maximum Gasteiger partial charge on any atom is 0.148 e. The van der Waals surface area contributed by atoms with E-state index in [-0.39, 0.29) is 0 Å². The Hall–Kier alpha value is -0.390. The third-order valence-corrected chi connectivity index (χ3v) is 5.65. The number of benzene rings is 1. The zero-order valence-electron chi connectivity index (χ0n) is 9.68. The van der Waals surface area contributed by atoms with Gasteiger partial charge in [-0.3, -0.25) is 0 Å². The smallest absolute Gasteiger partial charge is 0.142 e. The van der Waals surface area contributed by atoms with Crippen LogP contribution in [0.2, 0.25) is 0 Å². The van der Waals surface area contributed by atoms with E-state index in [9.17, 15) is 0 Å². The quantitative estimate of drug-likeness (QED) is 0.597. The Morgan fingerprint density at radius 1 is 1.35 bits per heavy atom. The molecule has 1 heterocycles. The summed E-state index contributed by atoms with van der Waals surface area (Å²) in [4.78, 5) is 1.56. The highest BCUT2D eigenvalue weighted by molar-refractivity contribution is 9.09. The number of rotatable bonds is 4. The van der Waals surface area contributed by atoms with E-state index in [4.69, 9.17) is 0 Å². The molecule has 0 saturated heterocycles. The van der Waals surface area contributed by atoms with Gasteiger partial charge in [0.05, 0.1) is 4.83 Å². The van der Waals surface area contributed by atoms with Crippen LogP contribution in [0.1, 0.15) is 23.2 Å². The van der Waals surface area contributed by atoms with Crippen molar-refractivity contribution in [3.63, 3.8) is 0 Å². The summed E-state index contributed by atoms with van der Waals surface area (Å²) in [5, 5.41) is 10.6. The van der Waals surface area contributed by atoms with Gasteiger partial charge in [-0.05, 0) is 18.7 Å². The minimum Gasteiger partial charge on any atom is -0.142 e. The molecule has 2 nitrogen and oxygen atoms in total. The molecule has 0 aliphatic carbocycles. The highest BCUT2D eigenvalue weighted by Gasteiger charge is 2.14. The van der Waals surface area contributed by atoms with Crippen LogP contribution < -0.4 is 0 Å². The molecule has 17 heavy (non-hydrogen) atoms. The van der Waals surface area contributed by atoms with Gasteiger partial charge in [-0.2, -0.15) is 0 Å². The van der Waals surface area contributed by atoms with Gasteiger partial charge in [0, 0.05) is 10.5 Å². The van der Waals surface area contributed by atoms with E-state index in [1.165, 1.54) is 10.5 Å². The van der Waals surface area contributed by atoms with Gasteiger partial charge in [-0.15, -0.1) is 22.0 Å². The molecule has 1 aromatic carbocycles. The van der Waals surface area contributed by atoms with E-state index in [0.29, 0.717) is 4.83 Å². The summed E-state index contributed by atoms with van der Waals surface area (Å²) in [7, 11) is 0. The lowest BCUT2D eigenvalue weighted by Gasteiger charge is -2.02. The fourth-order valence-corrected chi connectivity index (χ4v) is 3.45. The van der Waals surface area contributed by atoms with Crippen molar-refractivity contribution in [3.8, 4) is 10.6 Å². The largest absolute Gasteiger partial charge is 0.148 e. The van der Waals surface area contributed by atoms with Crippen LogP contribution in [0.4, 0.5) is 0 Å². The molecular formula is C12H13BrN2S2. The Balaban J connectivity index is 2.37. The Kier molecular flexibility index (Phi) is 4.59. The number of halogens is 1. The molecular weight excluding hydrogens is 316 g/mol. The number of nitrogens with zero attached hydrogens (tertiary/aromatic N) is 2. The Labute approximate surface area is 118 Å². The predicted octanol–water partition coefficient (Wildman–Crippen LogP) is 4.77. The van der Waals surface area contributed by atoms with Gasteiger partial charge < -0.3 is 0 Å². The molecule has 2 rings (SSSR count). The van der Waals surface area contributed by atoms with Gasteiger partial charge >= 0.3 is 0 Å². The normalized spacial score (nSPS) is 12.6. The van der Waals surface area contributed by atoms with Crippen LogP contribution in [-0.4, -0.2) is 16.5 Å². The number of hydrogen-bond donors (Lipinski definition) is 0. The van der Waals surface area contributed by atoms with Gasteiger partial charge in [-0.25, -0.2) is 0 Å². The monoisotopic (exact) mass is 328 g/mol. The summed E-state index contributed by atoms with van der Waals surface area (Å²) in [6.45, 7) is 2.14. The molecule has 0 bridgehead atoms. The van der Waals surface area contributed by atoms with Crippen LogP contribution in [0.3, 0.4) is 0 Å². The van der Waals surface area contributed by atoms with Crippen molar-refractivity contribution in [1.29, 1.82) is 0 Å². The number of aromatic nitrogens is 2. The lowest BCUT2D eigenvalue weighted by molar-refractivity contribution is 0.870. The third-order valence-electron chi connectivity index (χ3n) is 2.40. The fourth-order valence-electron chi connectivity index (χ4n) is 1.47. The first-order valence-electron chi connectivity index (χ1n) is 5.37. The van der Waals surface area contributed by atoms with E-state index >= 15 is 0 Å². The molecule has 0 radical (unpaired) electrons. The third kappa shape index (κ3) is 2.89. The topological polar surface area (TPSA) is 25.8 Å². The van der Waals surface area contributed by atoms with E-state index in [0.717, 1.165) is 16.4 Å². The molecule has 0 amide bonds. The minimum atomic E-state index is 0.315. The van der Waals surface area contributed by atoms with Gasteiger partial charge in [0.25, 0.3) is 0 Å². The van der Waals surface area contributed by atoms with Gasteiger partial charge in [0.15, 0.2) is 0 Å². The van der Waals surface area contributed by atoms with Crippen LogP contribution in [0.15, 0.2) is 29.2 Å². The van der Waals surface area contributed by atoms with Crippen LogP contribution in [0.5, 0.6) is 0 Å². The molecule has 1 unspecified atom stereocenters. The molecule has 1 atom stereocenters. The highest BCUT2D eigenvalue weighted by Crippen LogP contribution is 2.35. The van der Waals surface area contributed by atoms with Crippen molar-refractivity contribution in [3.05, 3.63) is 29.3 Å². The number of alkyl halides is 1. The zero-order chi connectivity index (χ0) is 12.3. The van der Waals surface area contributed by atoms with E-state index in [2.05, 4.69) is 57.5 Å². The maximum atomic E-state index is 4.29. The second kappa shape index (κ2) is 5.98. The standard InChI is InChI=1S/C12H13BrN2S2/c1-3-9(13)12-15-14-11(17-12)8-6-4-5-7-10(8)16-2/h4-7,9H,3H2,1-2H3. The zero-order valence-corrected chi connectivity index (χ0v) is 12.9. The van der Waals surface area contributed by atoms with Crippen LogP contribution in [-0.2, 0) is 0 Å². The second-order valence-electron chi connectivity index (χ2n) is 3.52. The highest BCUT2D eigenvalue weighted by atomic mass is 79.9. The van der Waals surface area contributed by atoms with Crippen LogP contribution >= 0.6 is 39.0 Å². The van der Waals surface area contributed by atoms with E-state index < -0.39 is 0 Å². The average molecular weight is 329 g/mol. The lowest BCUT2D eigenvalue weighted by atomic mass is 10.2. The molecule has 0 aliphatic heterocycles. The molecule has 2 aromatic rings. The van der Waals surface area contributed by atoms with Gasteiger partial charge in [0.2, 0.25) is 0 Å². The molecule has 0 spiro atoms. The summed E-state index contributed by atoms with van der Waals surface area (Å²) in [5.74, 6) is 0. The Morgan fingerprint density at radius 2 is 2.12 bits per heavy atom. The summed E-state index contributed by atoms with van der Waals surface area (Å²) in [5.41, 5.74) is 1.18. The maximum absolute atomic E-state index is 4.29. The summed E-state index contributed by atoms with van der Waals surface area (Å²) >= 11 is 7.02. The average Bonchev–Trinajstić information content (AvgIpc) is 2.87. The Morgan fingerprint density at radius 3 is 2.82 bits per heavy atom. The lowest BCUT2D eigenvalue weighted by Crippen LogP contribution is -1.85. The Bertz CT molecular complexity index is 499. The molecule has 0 aliphatic rings. The van der Waals surface area contributed by atoms with Crippen molar-refractivity contribution in [2.24, 2.45) is 0 Å². The first kappa shape index (κ1) is 13.1. The molecule has 0 saturated carbocycles. The SMILES string of the molecule is CCC(Br)c1nnc(-c2ccccc2SC)s1. The molecule has 0 N–H and O–H groups in total. The number of thioether (sulfide) groups is 1. The van der Waals surface area contributed by atoms with Crippen molar-refractivity contribution >= 4 is 39.0 Å². The minimum absolute atomic E-state index is 0.315.